The highest BCUT2D eigenvalue weighted by atomic mass is 79.9. The first-order valence-corrected chi connectivity index (χ1v) is 6.17. The smallest absolute Gasteiger partial charge is 0.244 e. The van der Waals surface area contributed by atoms with Crippen molar-refractivity contribution >= 4 is 39.9 Å². The molecule has 3 N–H and O–H groups in total. The lowest BCUT2D eigenvalue weighted by Crippen LogP contribution is -2.56. The second-order valence-corrected chi connectivity index (χ2v) is 5.34. The molecule has 0 heterocycles. The molecule has 0 unspecified atom stereocenters. The van der Waals surface area contributed by atoms with Gasteiger partial charge in [0.15, 0.2) is 0 Å². The van der Waals surface area contributed by atoms with Crippen molar-refractivity contribution in [2.24, 2.45) is 5.73 Å². The Morgan fingerprint density at radius 2 is 2.12 bits per heavy atom. The highest BCUT2D eigenvalue weighted by Gasteiger charge is 2.40. The van der Waals surface area contributed by atoms with Crippen molar-refractivity contribution in [3.63, 3.8) is 0 Å². The fourth-order valence-electron chi connectivity index (χ4n) is 1.80. The Bertz CT molecular complexity index is 433. The minimum atomic E-state index is -0.639. The molecule has 0 radical (unpaired) electrons. The molecule has 0 aliphatic heterocycles. The molecule has 1 aromatic rings. The summed E-state index contributed by atoms with van der Waals surface area (Å²) in [5.41, 5.74) is 7.18. The fraction of sp³-hybridized carbons (Fsp3) is 0.417. The van der Waals surface area contributed by atoms with E-state index in [1.54, 1.807) is 0 Å². The van der Waals surface area contributed by atoms with Crippen molar-refractivity contribution in [2.75, 3.05) is 5.32 Å². The molecule has 1 aromatic carbocycles. The van der Waals surface area contributed by atoms with Crippen LogP contribution < -0.4 is 11.1 Å². The highest BCUT2D eigenvalue weighted by Crippen LogP contribution is 2.31. The number of carbonyl (C=O) groups is 1. The van der Waals surface area contributed by atoms with Crippen LogP contribution in [-0.2, 0) is 4.79 Å². The largest absolute Gasteiger partial charge is 0.324 e. The number of amides is 1. The minimum absolute atomic E-state index is 0. The van der Waals surface area contributed by atoms with Crippen LogP contribution >= 0.6 is 28.3 Å². The maximum Gasteiger partial charge on any atom is 0.244 e. The summed E-state index contributed by atoms with van der Waals surface area (Å²) >= 11 is 3.39. The van der Waals surface area contributed by atoms with Gasteiger partial charge in [-0.05, 0) is 49.9 Å². The lowest BCUT2D eigenvalue weighted by atomic mass is 9.77. The van der Waals surface area contributed by atoms with Crippen molar-refractivity contribution in [3.05, 3.63) is 28.2 Å². The number of rotatable bonds is 2. The van der Waals surface area contributed by atoms with Gasteiger partial charge in [-0.25, -0.2) is 0 Å². The quantitative estimate of drug-likeness (QED) is 0.880. The summed E-state index contributed by atoms with van der Waals surface area (Å²) < 4.78 is 1.01. The van der Waals surface area contributed by atoms with Crippen molar-refractivity contribution in [1.29, 1.82) is 0 Å². The van der Waals surface area contributed by atoms with Gasteiger partial charge in [0.05, 0.1) is 5.54 Å². The number of benzene rings is 1. The van der Waals surface area contributed by atoms with Gasteiger partial charge in [-0.3, -0.25) is 4.79 Å². The first-order valence-electron chi connectivity index (χ1n) is 5.38. The van der Waals surface area contributed by atoms with E-state index >= 15 is 0 Å². The summed E-state index contributed by atoms with van der Waals surface area (Å²) in [4.78, 5) is 11.9. The van der Waals surface area contributed by atoms with E-state index in [1.807, 2.05) is 25.1 Å². The first-order chi connectivity index (χ1) is 7.51. The molecular weight excluding hydrogens is 304 g/mol. The number of hydrogen-bond acceptors (Lipinski definition) is 2. The van der Waals surface area contributed by atoms with Gasteiger partial charge in [0.25, 0.3) is 0 Å². The van der Waals surface area contributed by atoms with Crippen molar-refractivity contribution < 1.29 is 4.79 Å². The van der Waals surface area contributed by atoms with Gasteiger partial charge in [0.1, 0.15) is 0 Å². The van der Waals surface area contributed by atoms with E-state index in [-0.39, 0.29) is 18.3 Å². The van der Waals surface area contributed by atoms with Crippen LogP contribution in [0.2, 0.25) is 0 Å². The zero-order valence-corrected chi connectivity index (χ0v) is 12.0. The third kappa shape index (κ3) is 3.00. The third-order valence-corrected chi connectivity index (χ3v) is 3.63. The number of hydrogen-bond donors (Lipinski definition) is 2. The van der Waals surface area contributed by atoms with Crippen LogP contribution in [-0.4, -0.2) is 11.4 Å². The van der Waals surface area contributed by atoms with Crippen LogP contribution in [0.4, 0.5) is 5.69 Å². The molecule has 0 saturated heterocycles. The Kier molecular flexibility index (Phi) is 4.58. The molecule has 1 saturated carbocycles. The number of anilines is 1. The normalized spacial score (nSPS) is 16.6. The van der Waals surface area contributed by atoms with Crippen molar-refractivity contribution in [3.8, 4) is 0 Å². The summed E-state index contributed by atoms with van der Waals surface area (Å²) in [5.74, 6) is -0.0656. The van der Waals surface area contributed by atoms with Crippen LogP contribution in [0.1, 0.15) is 24.8 Å². The van der Waals surface area contributed by atoms with Gasteiger partial charge in [-0.15, -0.1) is 12.4 Å². The monoisotopic (exact) mass is 318 g/mol. The number of aryl methyl sites for hydroxylation is 1. The molecule has 5 heteroatoms. The standard InChI is InChI=1S/C12H15BrN2O.ClH/c1-8-7-9(13)3-4-10(8)15-11(16)12(14)5-2-6-12;/h3-4,7H,2,5-6,14H2,1H3,(H,15,16);1H. The van der Waals surface area contributed by atoms with E-state index in [9.17, 15) is 4.79 Å². The van der Waals surface area contributed by atoms with Crippen molar-refractivity contribution in [1.82, 2.24) is 0 Å². The van der Waals surface area contributed by atoms with E-state index in [0.717, 1.165) is 35.0 Å². The molecule has 0 atom stereocenters. The summed E-state index contributed by atoms with van der Waals surface area (Å²) in [5, 5.41) is 2.90. The Morgan fingerprint density at radius 3 is 2.59 bits per heavy atom. The van der Waals surface area contributed by atoms with Crippen LogP contribution in [0.15, 0.2) is 22.7 Å². The average molecular weight is 320 g/mol. The van der Waals surface area contributed by atoms with Crippen LogP contribution in [0.5, 0.6) is 0 Å². The predicted octanol–water partition coefficient (Wildman–Crippen LogP) is 3.00. The van der Waals surface area contributed by atoms with E-state index in [2.05, 4.69) is 21.2 Å². The molecule has 2 rings (SSSR count). The maximum absolute atomic E-state index is 11.9. The third-order valence-electron chi connectivity index (χ3n) is 3.13. The number of halogens is 2. The Balaban J connectivity index is 0.00000144. The van der Waals surface area contributed by atoms with Gasteiger partial charge in [0.2, 0.25) is 5.91 Å². The second-order valence-electron chi connectivity index (χ2n) is 4.42. The Hall–Kier alpha value is -0.580. The molecule has 1 aliphatic rings. The molecule has 94 valence electrons. The Labute approximate surface area is 116 Å². The fourth-order valence-corrected chi connectivity index (χ4v) is 2.27. The topological polar surface area (TPSA) is 55.1 Å². The highest BCUT2D eigenvalue weighted by molar-refractivity contribution is 9.10. The zero-order chi connectivity index (χ0) is 11.8. The molecular formula is C12H16BrClN2O. The summed E-state index contributed by atoms with van der Waals surface area (Å²) in [7, 11) is 0. The lowest BCUT2D eigenvalue weighted by Gasteiger charge is -2.36. The van der Waals surface area contributed by atoms with E-state index < -0.39 is 5.54 Å². The zero-order valence-electron chi connectivity index (χ0n) is 9.63. The van der Waals surface area contributed by atoms with Gasteiger partial charge in [-0.1, -0.05) is 15.9 Å². The molecule has 3 nitrogen and oxygen atoms in total. The van der Waals surface area contributed by atoms with Crippen LogP contribution in [0, 0.1) is 6.92 Å². The molecule has 1 amide bonds. The predicted molar refractivity (Wildman–Crippen MR) is 75.5 cm³/mol. The molecule has 0 bridgehead atoms. The Morgan fingerprint density at radius 1 is 1.47 bits per heavy atom. The number of nitrogens with one attached hydrogen (secondary N) is 1. The van der Waals surface area contributed by atoms with Gasteiger partial charge in [-0.2, -0.15) is 0 Å². The summed E-state index contributed by atoms with van der Waals surface area (Å²) in [6.07, 6.45) is 2.62. The van der Waals surface area contributed by atoms with E-state index in [0.29, 0.717) is 0 Å². The second kappa shape index (κ2) is 5.38. The average Bonchev–Trinajstić information content (AvgIpc) is 2.18. The molecule has 0 spiro atoms. The van der Waals surface area contributed by atoms with Gasteiger partial charge < -0.3 is 11.1 Å². The van der Waals surface area contributed by atoms with E-state index in [1.165, 1.54) is 0 Å². The van der Waals surface area contributed by atoms with E-state index in [4.69, 9.17) is 5.73 Å². The summed E-state index contributed by atoms with van der Waals surface area (Å²) in [6, 6.07) is 5.77. The van der Waals surface area contributed by atoms with Crippen LogP contribution in [0.25, 0.3) is 0 Å². The van der Waals surface area contributed by atoms with Crippen LogP contribution in [0.3, 0.4) is 0 Å². The van der Waals surface area contributed by atoms with Crippen molar-refractivity contribution in [2.45, 2.75) is 31.7 Å². The van der Waals surface area contributed by atoms with Gasteiger partial charge >= 0.3 is 0 Å². The molecule has 17 heavy (non-hydrogen) atoms. The summed E-state index contributed by atoms with van der Waals surface area (Å²) in [6.45, 7) is 1.96. The molecule has 1 fully saturated rings. The number of nitrogens with two attached hydrogens (primary N) is 1. The SMILES string of the molecule is Cc1cc(Br)ccc1NC(=O)C1(N)CCC1.Cl. The molecule has 1 aliphatic carbocycles. The first kappa shape index (κ1) is 14.5. The minimum Gasteiger partial charge on any atom is -0.324 e. The lowest BCUT2D eigenvalue weighted by molar-refractivity contribution is -0.123. The maximum atomic E-state index is 11.9. The number of carbonyl (C=O) groups excluding carboxylic acids is 1. The molecule has 0 aromatic heterocycles. The van der Waals surface area contributed by atoms with Gasteiger partial charge in [0, 0.05) is 10.2 Å².